The summed E-state index contributed by atoms with van der Waals surface area (Å²) in [4.78, 5) is 14.7. The Morgan fingerprint density at radius 1 is 1.15 bits per heavy atom. The first-order chi connectivity index (χ1) is 13.2. The van der Waals surface area contributed by atoms with Crippen LogP contribution in [0.15, 0.2) is 48.5 Å². The van der Waals surface area contributed by atoms with Crippen molar-refractivity contribution in [3.63, 3.8) is 0 Å². The number of nitrogens with one attached hydrogen (secondary N) is 1. The second-order valence-corrected chi connectivity index (χ2v) is 6.82. The number of amides is 1. The van der Waals surface area contributed by atoms with E-state index in [2.05, 4.69) is 22.3 Å². The number of methoxy groups -OCH3 is 2. The van der Waals surface area contributed by atoms with Crippen LogP contribution in [-0.2, 0) is 11.2 Å². The molecule has 5 nitrogen and oxygen atoms in total. The molecule has 1 heterocycles. The molecule has 0 saturated carbocycles. The van der Waals surface area contributed by atoms with Crippen LogP contribution in [-0.4, -0.2) is 44.7 Å². The van der Waals surface area contributed by atoms with E-state index >= 15 is 0 Å². The van der Waals surface area contributed by atoms with Crippen molar-refractivity contribution in [1.82, 2.24) is 10.2 Å². The van der Waals surface area contributed by atoms with Crippen LogP contribution in [0.25, 0.3) is 0 Å². The van der Waals surface area contributed by atoms with Gasteiger partial charge < -0.3 is 14.8 Å². The van der Waals surface area contributed by atoms with E-state index < -0.39 is 0 Å². The second-order valence-electron chi connectivity index (χ2n) is 6.82. The SMILES string of the molecule is COc1cccc(C2CCCN2CC(=O)NCCc2ccccc2OC)c1. The number of benzene rings is 2. The van der Waals surface area contributed by atoms with Crippen molar-refractivity contribution in [3.05, 3.63) is 59.7 Å². The maximum atomic E-state index is 12.4. The lowest BCUT2D eigenvalue weighted by Gasteiger charge is -2.24. The number of rotatable bonds is 8. The molecule has 27 heavy (non-hydrogen) atoms. The summed E-state index contributed by atoms with van der Waals surface area (Å²) >= 11 is 0. The molecule has 1 atom stereocenters. The molecule has 1 unspecified atom stereocenters. The maximum absolute atomic E-state index is 12.4. The topological polar surface area (TPSA) is 50.8 Å². The first-order valence-electron chi connectivity index (χ1n) is 9.48. The van der Waals surface area contributed by atoms with Gasteiger partial charge in [0.05, 0.1) is 20.8 Å². The van der Waals surface area contributed by atoms with Gasteiger partial charge in [-0.25, -0.2) is 0 Å². The highest BCUT2D eigenvalue weighted by molar-refractivity contribution is 5.78. The highest BCUT2D eigenvalue weighted by atomic mass is 16.5. The third-order valence-corrected chi connectivity index (χ3v) is 5.10. The molecule has 1 saturated heterocycles. The number of hydrogen-bond acceptors (Lipinski definition) is 4. The minimum absolute atomic E-state index is 0.0692. The van der Waals surface area contributed by atoms with Crippen molar-refractivity contribution in [1.29, 1.82) is 0 Å². The average Bonchev–Trinajstić information content (AvgIpc) is 3.16. The minimum Gasteiger partial charge on any atom is -0.497 e. The fraction of sp³-hybridized carbons (Fsp3) is 0.409. The van der Waals surface area contributed by atoms with Crippen molar-refractivity contribution in [2.75, 3.05) is 33.9 Å². The van der Waals surface area contributed by atoms with E-state index in [1.165, 1.54) is 5.56 Å². The van der Waals surface area contributed by atoms with Crippen LogP contribution in [0.3, 0.4) is 0 Å². The summed E-state index contributed by atoms with van der Waals surface area (Å²) in [5, 5.41) is 3.04. The molecule has 3 rings (SSSR count). The predicted molar refractivity (Wildman–Crippen MR) is 106 cm³/mol. The van der Waals surface area contributed by atoms with E-state index in [-0.39, 0.29) is 11.9 Å². The van der Waals surface area contributed by atoms with Crippen LogP contribution in [0.1, 0.15) is 30.0 Å². The molecule has 0 radical (unpaired) electrons. The normalized spacial score (nSPS) is 16.9. The lowest BCUT2D eigenvalue weighted by molar-refractivity contribution is -0.122. The fourth-order valence-electron chi connectivity index (χ4n) is 3.73. The molecule has 1 amide bonds. The Balaban J connectivity index is 1.52. The van der Waals surface area contributed by atoms with Crippen LogP contribution < -0.4 is 14.8 Å². The van der Waals surface area contributed by atoms with Gasteiger partial charge in [0.1, 0.15) is 11.5 Å². The number of para-hydroxylation sites is 1. The first-order valence-corrected chi connectivity index (χ1v) is 9.48. The summed E-state index contributed by atoms with van der Waals surface area (Å²) in [7, 11) is 3.35. The van der Waals surface area contributed by atoms with Gasteiger partial charge in [0.25, 0.3) is 0 Å². The highest BCUT2D eigenvalue weighted by Crippen LogP contribution is 2.33. The van der Waals surface area contributed by atoms with Crippen molar-refractivity contribution in [3.8, 4) is 11.5 Å². The largest absolute Gasteiger partial charge is 0.497 e. The Morgan fingerprint density at radius 3 is 2.81 bits per heavy atom. The van der Waals surface area contributed by atoms with Gasteiger partial charge in [-0.2, -0.15) is 0 Å². The third kappa shape index (κ3) is 5.01. The van der Waals surface area contributed by atoms with E-state index in [0.29, 0.717) is 13.1 Å². The minimum atomic E-state index is 0.0692. The highest BCUT2D eigenvalue weighted by Gasteiger charge is 2.27. The van der Waals surface area contributed by atoms with Crippen molar-refractivity contribution in [2.45, 2.75) is 25.3 Å². The van der Waals surface area contributed by atoms with Crippen molar-refractivity contribution < 1.29 is 14.3 Å². The summed E-state index contributed by atoms with van der Waals surface area (Å²) in [6, 6.07) is 16.3. The summed E-state index contributed by atoms with van der Waals surface area (Å²) < 4.78 is 10.7. The molecular formula is C22H28N2O3. The summed E-state index contributed by atoms with van der Waals surface area (Å²) in [5.74, 6) is 1.80. The monoisotopic (exact) mass is 368 g/mol. The summed E-state index contributed by atoms with van der Waals surface area (Å²) in [5.41, 5.74) is 2.32. The lowest BCUT2D eigenvalue weighted by Crippen LogP contribution is -2.37. The molecular weight excluding hydrogens is 340 g/mol. The molecule has 1 aliphatic rings. The zero-order chi connectivity index (χ0) is 19.1. The van der Waals surface area contributed by atoms with Gasteiger partial charge >= 0.3 is 0 Å². The second kappa shape index (κ2) is 9.42. The Bertz CT molecular complexity index is 763. The van der Waals surface area contributed by atoms with E-state index in [9.17, 15) is 4.79 Å². The van der Waals surface area contributed by atoms with E-state index in [1.54, 1.807) is 14.2 Å². The molecule has 5 heteroatoms. The van der Waals surface area contributed by atoms with E-state index in [1.807, 2.05) is 36.4 Å². The van der Waals surface area contributed by atoms with Crippen LogP contribution >= 0.6 is 0 Å². The van der Waals surface area contributed by atoms with Crippen LogP contribution in [0.4, 0.5) is 0 Å². The molecule has 0 aliphatic carbocycles. The quantitative estimate of drug-likeness (QED) is 0.777. The Labute approximate surface area is 161 Å². The molecule has 0 aromatic heterocycles. The lowest BCUT2D eigenvalue weighted by atomic mass is 10.0. The molecule has 1 fully saturated rings. The zero-order valence-corrected chi connectivity index (χ0v) is 16.1. The molecule has 0 bridgehead atoms. The van der Waals surface area contributed by atoms with Gasteiger partial charge in [-0.15, -0.1) is 0 Å². The number of ether oxygens (including phenoxy) is 2. The van der Waals surface area contributed by atoms with E-state index in [4.69, 9.17) is 9.47 Å². The third-order valence-electron chi connectivity index (χ3n) is 5.10. The zero-order valence-electron chi connectivity index (χ0n) is 16.1. The maximum Gasteiger partial charge on any atom is 0.234 e. The summed E-state index contributed by atoms with van der Waals surface area (Å²) in [6.07, 6.45) is 2.94. The summed E-state index contributed by atoms with van der Waals surface area (Å²) in [6.45, 7) is 1.98. The number of likely N-dealkylation sites (tertiary alicyclic amines) is 1. The molecule has 0 spiro atoms. The van der Waals surface area contributed by atoms with Crippen LogP contribution in [0, 0.1) is 0 Å². The molecule has 2 aromatic carbocycles. The number of nitrogens with zero attached hydrogens (tertiary/aromatic N) is 1. The van der Waals surface area contributed by atoms with E-state index in [0.717, 1.165) is 42.9 Å². The van der Waals surface area contributed by atoms with Crippen molar-refractivity contribution in [2.24, 2.45) is 0 Å². The van der Waals surface area contributed by atoms with Gasteiger partial charge in [-0.05, 0) is 55.1 Å². The number of carbonyl (C=O) groups is 1. The smallest absolute Gasteiger partial charge is 0.234 e. The van der Waals surface area contributed by atoms with Gasteiger partial charge in [0.2, 0.25) is 5.91 Å². The van der Waals surface area contributed by atoms with Gasteiger partial charge in [-0.1, -0.05) is 30.3 Å². The van der Waals surface area contributed by atoms with Crippen LogP contribution in [0.5, 0.6) is 11.5 Å². The predicted octanol–water partition coefficient (Wildman–Crippen LogP) is 3.20. The molecule has 1 aliphatic heterocycles. The van der Waals surface area contributed by atoms with Crippen molar-refractivity contribution >= 4 is 5.91 Å². The van der Waals surface area contributed by atoms with Gasteiger partial charge in [-0.3, -0.25) is 9.69 Å². The number of hydrogen-bond donors (Lipinski definition) is 1. The standard InChI is InChI=1S/C22H28N2O3/c1-26-19-9-5-8-18(15-19)20-10-6-14-24(20)16-22(25)23-13-12-17-7-3-4-11-21(17)27-2/h3-5,7-9,11,15,20H,6,10,12-14,16H2,1-2H3,(H,23,25). The molecule has 144 valence electrons. The van der Waals surface area contributed by atoms with Gasteiger partial charge in [0, 0.05) is 12.6 Å². The molecule has 2 aromatic rings. The Hall–Kier alpha value is -2.53. The number of carbonyl (C=O) groups excluding carboxylic acids is 1. The Kier molecular flexibility index (Phi) is 6.71. The average molecular weight is 368 g/mol. The first kappa shape index (κ1) is 19.2. The Morgan fingerprint density at radius 2 is 2.00 bits per heavy atom. The van der Waals surface area contributed by atoms with Gasteiger partial charge in [0.15, 0.2) is 0 Å². The molecule has 1 N–H and O–H groups in total. The fourth-order valence-corrected chi connectivity index (χ4v) is 3.73. The van der Waals surface area contributed by atoms with Crippen LogP contribution in [0.2, 0.25) is 0 Å².